The fourth-order valence-electron chi connectivity index (χ4n) is 0.975. The van der Waals surface area contributed by atoms with Gasteiger partial charge in [-0.3, -0.25) is 8.74 Å². The summed E-state index contributed by atoms with van der Waals surface area (Å²) in [5, 5.41) is 0. The van der Waals surface area contributed by atoms with Crippen LogP contribution in [0, 0.1) is 0 Å². The Bertz CT molecular complexity index is 165. The highest BCUT2D eigenvalue weighted by atomic mass is 32.2. The lowest BCUT2D eigenvalue weighted by Crippen LogP contribution is -2.42. The van der Waals surface area contributed by atoms with Crippen molar-refractivity contribution in [1.82, 2.24) is 0 Å². The fourth-order valence-corrected chi connectivity index (χ4v) is 2.93. The molecule has 0 fully saturated rings. The summed E-state index contributed by atoms with van der Waals surface area (Å²) in [6.07, 6.45) is 0.550. The van der Waals surface area contributed by atoms with E-state index in [9.17, 15) is 4.21 Å². The maximum Gasteiger partial charge on any atom is 0.500 e. The summed E-state index contributed by atoms with van der Waals surface area (Å²) in [7, 11) is 2.00. The summed E-state index contributed by atoms with van der Waals surface area (Å²) in [5.74, 6) is 0. The average Bonchev–Trinajstić information content (AvgIpc) is 2.19. The Morgan fingerprint density at radius 3 is 2.07 bits per heavy atom. The van der Waals surface area contributed by atoms with Gasteiger partial charge in [0.25, 0.3) is 0 Å². The molecule has 0 saturated carbocycles. The summed E-state index contributed by atoms with van der Waals surface area (Å²) >= 11 is -2.21. The summed E-state index contributed by atoms with van der Waals surface area (Å²) in [6, 6.07) is 0.549. The third-order valence-corrected chi connectivity index (χ3v) is 4.94. The van der Waals surface area contributed by atoms with Gasteiger partial charge in [-0.2, -0.15) is 4.21 Å². The first-order valence-electron chi connectivity index (χ1n) is 4.00. The highest BCUT2D eigenvalue weighted by molar-refractivity contribution is 7.74. The molecule has 14 heavy (non-hydrogen) atoms. The lowest BCUT2D eigenvalue weighted by Gasteiger charge is -2.23. The van der Waals surface area contributed by atoms with E-state index in [1.807, 2.05) is 0 Å². The second kappa shape index (κ2) is 7.46. The van der Waals surface area contributed by atoms with Gasteiger partial charge in [0.15, 0.2) is 0 Å². The molecule has 0 aliphatic carbocycles. The van der Waals surface area contributed by atoms with E-state index in [1.165, 1.54) is 21.3 Å². The molecule has 1 N–H and O–H groups in total. The second-order valence-electron chi connectivity index (χ2n) is 2.44. The predicted octanol–water partition coefficient (Wildman–Crippen LogP) is 0.408. The van der Waals surface area contributed by atoms with E-state index in [0.717, 1.165) is 0 Å². The summed E-state index contributed by atoms with van der Waals surface area (Å²) in [5.41, 5.74) is 0. The lowest BCUT2D eigenvalue weighted by atomic mass is 10.5. The van der Waals surface area contributed by atoms with Crippen LogP contribution in [0.4, 0.5) is 0 Å². The van der Waals surface area contributed by atoms with E-state index < -0.39 is 20.2 Å². The summed E-state index contributed by atoms with van der Waals surface area (Å²) < 4.78 is 38.3. The van der Waals surface area contributed by atoms with Gasteiger partial charge < -0.3 is 13.3 Å². The fraction of sp³-hybridized carbons (Fsp3) is 1.00. The quantitative estimate of drug-likeness (QED) is 0.379. The zero-order chi connectivity index (χ0) is 11.0. The molecule has 8 heteroatoms. The molecule has 0 aliphatic heterocycles. The zero-order valence-corrected chi connectivity index (χ0v) is 10.3. The van der Waals surface area contributed by atoms with Gasteiger partial charge in [0.2, 0.25) is 0 Å². The van der Waals surface area contributed by atoms with Gasteiger partial charge in [-0.1, -0.05) is 0 Å². The first-order valence-corrected chi connectivity index (χ1v) is 6.96. The van der Waals surface area contributed by atoms with Crippen molar-refractivity contribution in [3.05, 3.63) is 0 Å². The molecule has 0 amide bonds. The standard InChI is InChI=1S/C6H16O6SSi/c1-9-14(10-2,11-3)6-4-5-12-13(7)8/h4-6H2,1-3H3,(H,7,8). The Labute approximate surface area is 87.4 Å². The molecule has 0 bridgehead atoms. The normalized spacial score (nSPS) is 14.3. The van der Waals surface area contributed by atoms with Crippen LogP contribution in [-0.2, 0) is 28.8 Å². The highest BCUT2D eigenvalue weighted by Crippen LogP contribution is 2.14. The number of hydrogen-bond donors (Lipinski definition) is 1. The largest absolute Gasteiger partial charge is 0.500 e. The maximum absolute atomic E-state index is 10.1. The van der Waals surface area contributed by atoms with Gasteiger partial charge in [0.05, 0.1) is 6.61 Å². The topological polar surface area (TPSA) is 74.2 Å². The first-order chi connectivity index (χ1) is 6.60. The van der Waals surface area contributed by atoms with E-state index in [-0.39, 0.29) is 6.61 Å². The van der Waals surface area contributed by atoms with Crippen LogP contribution in [0.15, 0.2) is 0 Å². The molecule has 0 radical (unpaired) electrons. The van der Waals surface area contributed by atoms with Crippen LogP contribution in [0.3, 0.4) is 0 Å². The molecule has 0 spiro atoms. The van der Waals surface area contributed by atoms with Gasteiger partial charge in [-0.25, -0.2) is 0 Å². The molecular weight excluding hydrogens is 228 g/mol. The number of rotatable bonds is 8. The van der Waals surface area contributed by atoms with E-state index in [1.54, 1.807) is 0 Å². The highest BCUT2D eigenvalue weighted by Gasteiger charge is 2.36. The molecule has 0 aromatic rings. The van der Waals surface area contributed by atoms with Crippen molar-refractivity contribution in [1.29, 1.82) is 0 Å². The Kier molecular flexibility index (Phi) is 7.55. The predicted molar refractivity (Wildman–Crippen MR) is 52.9 cm³/mol. The number of hydrogen-bond acceptors (Lipinski definition) is 5. The van der Waals surface area contributed by atoms with Gasteiger partial charge in [-0.05, 0) is 6.42 Å². The van der Waals surface area contributed by atoms with Gasteiger partial charge in [0.1, 0.15) is 0 Å². The zero-order valence-electron chi connectivity index (χ0n) is 8.52. The molecule has 0 aromatic carbocycles. The molecule has 0 aromatic heterocycles. The Morgan fingerprint density at radius 1 is 1.21 bits per heavy atom. The molecular formula is C6H16O6SSi. The van der Waals surface area contributed by atoms with Crippen LogP contribution < -0.4 is 0 Å². The van der Waals surface area contributed by atoms with Crippen LogP contribution in [0.5, 0.6) is 0 Å². The van der Waals surface area contributed by atoms with Crippen molar-refractivity contribution in [2.75, 3.05) is 27.9 Å². The second-order valence-corrected chi connectivity index (χ2v) is 6.20. The third-order valence-electron chi connectivity index (χ3n) is 1.74. The molecule has 1 unspecified atom stereocenters. The van der Waals surface area contributed by atoms with Crippen molar-refractivity contribution >= 4 is 20.2 Å². The Morgan fingerprint density at radius 2 is 1.71 bits per heavy atom. The van der Waals surface area contributed by atoms with Gasteiger partial charge >= 0.3 is 20.2 Å². The average molecular weight is 244 g/mol. The minimum absolute atomic E-state index is 0.175. The molecule has 0 aliphatic rings. The van der Waals surface area contributed by atoms with Gasteiger partial charge in [0, 0.05) is 27.4 Å². The van der Waals surface area contributed by atoms with Crippen LogP contribution in [0.25, 0.3) is 0 Å². The SMILES string of the molecule is CO[Si](CCCOS(=O)O)(OC)OC. The van der Waals surface area contributed by atoms with Crippen molar-refractivity contribution in [2.45, 2.75) is 12.5 Å². The van der Waals surface area contributed by atoms with Crippen molar-refractivity contribution in [3.63, 3.8) is 0 Å². The van der Waals surface area contributed by atoms with E-state index in [2.05, 4.69) is 4.18 Å². The smallest absolute Gasteiger partial charge is 0.377 e. The maximum atomic E-state index is 10.1. The van der Waals surface area contributed by atoms with Crippen molar-refractivity contribution in [3.8, 4) is 0 Å². The van der Waals surface area contributed by atoms with Crippen molar-refractivity contribution < 1.29 is 26.2 Å². The lowest BCUT2D eigenvalue weighted by molar-refractivity contribution is 0.121. The molecule has 6 nitrogen and oxygen atoms in total. The monoisotopic (exact) mass is 244 g/mol. The van der Waals surface area contributed by atoms with Gasteiger partial charge in [-0.15, -0.1) is 0 Å². The van der Waals surface area contributed by atoms with Crippen LogP contribution in [0.2, 0.25) is 6.04 Å². The van der Waals surface area contributed by atoms with Crippen molar-refractivity contribution in [2.24, 2.45) is 0 Å². The minimum atomic E-state index is -2.55. The molecule has 0 rings (SSSR count). The summed E-state index contributed by atoms with van der Waals surface area (Å²) in [4.78, 5) is 0. The summed E-state index contributed by atoms with van der Waals surface area (Å²) in [6.45, 7) is 0.175. The van der Waals surface area contributed by atoms with E-state index in [0.29, 0.717) is 12.5 Å². The molecule has 0 saturated heterocycles. The minimum Gasteiger partial charge on any atom is -0.377 e. The third kappa shape index (κ3) is 5.15. The Hall–Kier alpha value is 0.167. The van der Waals surface area contributed by atoms with E-state index in [4.69, 9.17) is 17.8 Å². The van der Waals surface area contributed by atoms with Crippen LogP contribution in [-0.4, -0.2) is 45.5 Å². The first kappa shape index (κ1) is 14.2. The van der Waals surface area contributed by atoms with Crippen LogP contribution in [0.1, 0.15) is 6.42 Å². The molecule has 0 heterocycles. The van der Waals surface area contributed by atoms with E-state index >= 15 is 0 Å². The Balaban J connectivity index is 3.77. The van der Waals surface area contributed by atoms with Crippen LogP contribution >= 0.6 is 0 Å². The molecule has 86 valence electrons. The molecule has 1 atom stereocenters.